The van der Waals surface area contributed by atoms with Crippen molar-refractivity contribution in [1.82, 2.24) is 14.5 Å². The number of aromatic nitrogens is 3. The average molecular weight is 543 g/mol. The van der Waals surface area contributed by atoms with E-state index < -0.39 is 24.0 Å². The summed E-state index contributed by atoms with van der Waals surface area (Å²) in [5, 5.41) is 8.86. The monoisotopic (exact) mass is 542 g/mol. The highest BCUT2D eigenvalue weighted by Gasteiger charge is 2.41. The lowest BCUT2D eigenvalue weighted by molar-refractivity contribution is -0.137. The van der Waals surface area contributed by atoms with Gasteiger partial charge in [0.15, 0.2) is 5.60 Å². The Morgan fingerprint density at radius 2 is 2.03 bits per heavy atom. The van der Waals surface area contributed by atoms with Gasteiger partial charge in [-0.2, -0.15) is 4.98 Å². The number of carbonyl (C=O) groups is 2. The molecule has 0 spiro atoms. The van der Waals surface area contributed by atoms with Gasteiger partial charge in [-0.1, -0.05) is 56.0 Å². The Bertz CT molecular complexity index is 1280. The molecule has 1 saturated heterocycles. The summed E-state index contributed by atoms with van der Waals surface area (Å²) in [5.41, 5.74) is 6.25. The minimum atomic E-state index is -1.06. The number of terminal acetylenes is 1. The number of carbonyl (C=O) groups excluding carboxylic acids is 1. The number of hydrogen-bond acceptors (Lipinski definition) is 8. The van der Waals surface area contributed by atoms with Crippen molar-refractivity contribution >= 4 is 40.6 Å². The van der Waals surface area contributed by atoms with Crippen molar-refractivity contribution in [3.63, 3.8) is 0 Å². The Kier molecular flexibility index (Phi) is 10.3. The van der Waals surface area contributed by atoms with E-state index in [1.165, 1.54) is 0 Å². The summed E-state index contributed by atoms with van der Waals surface area (Å²) in [6.45, 7) is 2.05. The summed E-state index contributed by atoms with van der Waals surface area (Å²) < 4.78 is 18.2. The van der Waals surface area contributed by atoms with Crippen LogP contribution < -0.4 is 5.73 Å². The maximum atomic E-state index is 12.0. The normalized spacial score (nSPS) is 18.3. The average Bonchev–Trinajstić information content (AvgIpc) is 3.52. The van der Waals surface area contributed by atoms with Crippen molar-refractivity contribution in [3.05, 3.63) is 53.4 Å². The van der Waals surface area contributed by atoms with Gasteiger partial charge in [0.25, 0.3) is 0 Å². The number of unbranched alkanes of at least 4 members (excludes halogenated alkanes) is 2. The zero-order valence-corrected chi connectivity index (χ0v) is 21.9. The molecule has 11 heteroatoms. The molecule has 1 aliphatic heterocycles. The van der Waals surface area contributed by atoms with Gasteiger partial charge < -0.3 is 29.6 Å². The van der Waals surface area contributed by atoms with E-state index in [9.17, 15) is 9.59 Å². The fraction of sp³-hybridized carbons (Fsp3) is 0.407. The van der Waals surface area contributed by atoms with Crippen LogP contribution in [0.4, 0.5) is 10.6 Å². The van der Waals surface area contributed by atoms with E-state index in [1.54, 1.807) is 16.8 Å². The summed E-state index contributed by atoms with van der Waals surface area (Å²) in [6, 6.07) is 11.1. The fourth-order valence-corrected chi connectivity index (χ4v) is 4.08. The Balaban J connectivity index is 0.000000436. The van der Waals surface area contributed by atoms with Gasteiger partial charge in [-0.15, -0.1) is 6.42 Å². The summed E-state index contributed by atoms with van der Waals surface area (Å²) >= 11 is 5.94. The van der Waals surface area contributed by atoms with Crippen LogP contribution >= 0.6 is 11.6 Å². The SMILES string of the molecule is C#C[C@@]1(COC(=O)OCc2ccccc2)CC[C@H](n2ccc3c(N)nc(Cl)nc32)O1.CCCCCC(=O)O. The first-order chi connectivity index (χ1) is 18.3. The first-order valence-electron chi connectivity index (χ1n) is 12.3. The minimum absolute atomic E-state index is 0.0469. The molecule has 3 heterocycles. The van der Waals surface area contributed by atoms with Gasteiger partial charge in [-0.25, -0.2) is 9.78 Å². The van der Waals surface area contributed by atoms with Crippen LogP contribution in [0.1, 0.15) is 57.2 Å². The Morgan fingerprint density at radius 1 is 1.26 bits per heavy atom. The molecular formula is C27H31ClN4O6. The first kappa shape index (κ1) is 28.8. The second kappa shape index (κ2) is 13.7. The van der Waals surface area contributed by atoms with Crippen LogP contribution in [0.5, 0.6) is 0 Å². The number of hydrogen-bond donors (Lipinski definition) is 2. The van der Waals surface area contributed by atoms with Crippen molar-refractivity contribution in [2.45, 2.75) is 63.9 Å². The second-order valence-electron chi connectivity index (χ2n) is 8.75. The number of nitrogens with two attached hydrogens (primary N) is 1. The number of nitrogens with zero attached hydrogens (tertiary/aromatic N) is 3. The van der Waals surface area contributed by atoms with Gasteiger partial charge in [0.2, 0.25) is 5.28 Å². The molecule has 0 radical (unpaired) electrons. The molecule has 0 saturated carbocycles. The van der Waals surface area contributed by atoms with E-state index >= 15 is 0 Å². The van der Waals surface area contributed by atoms with Gasteiger partial charge in [-0.3, -0.25) is 4.79 Å². The molecule has 1 aromatic carbocycles. The van der Waals surface area contributed by atoms with Crippen LogP contribution in [0.3, 0.4) is 0 Å². The predicted octanol–water partition coefficient (Wildman–Crippen LogP) is 5.35. The molecule has 1 aliphatic rings. The molecule has 0 unspecified atom stereocenters. The zero-order chi connectivity index (χ0) is 27.5. The molecule has 202 valence electrons. The molecule has 1 fully saturated rings. The molecule has 3 N–H and O–H groups in total. The van der Waals surface area contributed by atoms with Crippen LogP contribution in [0.15, 0.2) is 42.6 Å². The molecule has 3 aromatic rings. The second-order valence-corrected chi connectivity index (χ2v) is 9.09. The van der Waals surface area contributed by atoms with Crippen LogP contribution in [0.2, 0.25) is 5.28 Å². The summed E-state index contributed by atoms with van der Waals surface area (Å²) in [4.78, 5) is 30.0. The number of nitrogen functional groups attached to an aromatic ring is 1. The quantitative estimate of drug-likeness (QED) is 0.158. The van der Waals surface area contributed by atoms with Gasteiger partial charge in [0, 0.05) is 12.6 Å². The molecule has 38 heavy (non-hydrogen) atoms. The number of rotatable bonds is 9. The Morgan fingerprint density at radius 3 is 2.71 bits per heavy atom. The number of aliphatic carboxylic acids is 1. The maximum absolute atomic E-state index is 12.0. The van der Waals surface area contributed by atoms with Crippen molar-refractivity contribution in [2.75, 3.05) is 12.3 Å². The largest absolute Gasteiger partial charge is 0.508 e. The van der Waals surface area contributed by atoms with Crippen molar-refractivity contribution in [3.8, 4) is 12.3 Å². The summed E-state index contributed by atoms with van der Waals surface area (Å²) in [6.07, 6.45) is 10.7. The number of ether oxygens (including phenoxy) is 3. The van der Waals surface area contributed by atoms with E-state index in [4.69, 9.17) is 43.1 Å². The van der Waals surface area contributed by atoms with Gasteiger partial charge in [-0.05, 0) is 42.5 Å². The van der Waals surface area contributed by atoms with E-state index in [-0.39, 0.29) is 24.3 Å². The van der Waals surface area contributed by atoms with Crippen LogP contribution in [-0.4, -0.2) is 44.0 Å². The molecule has 0 bridgehead atoms. The fourth-order valence-electron chi connectivity index (χ4n) is 3.91. The van der Waals surface area contributed by atoms with Crippen molar-refractivity contribution in [1.29, 1.82) is 0 Å². The third-order valence-electron chi connectivity index (χ3n) is 5.92. The molecular weight excluding hydrogens is 512 g/mol. The lowest BCUT2D eigenvalue weighted by Gasteiger charge is -2.23. The number of fused-ring (bicyclic) bond motifs is 1. The molecule has 2 aromatic heterocycles. The topological polar surface area (TPSA) is 139 Å². The lowest BCUT2D eigenvalue weighted by Crippen LogP contribution is -2.34. The number of benzene rings is 1. The first-order valence-corrected chi connectivity index (χ1v) is 12.6. The smallest absolute Gasteiger partial charge is 0.481 e. The molecule has 10 nitrogen and oxygen atoms in total. The predicted molar refractivity (Wildman–Crippen MR) is 142 cm³/mol. The van der Waals surface area contributed by atoms with Crippen LogP contribution in [0.25, 0.3) is 11.0 Å². The molecule has 0 aliphatic carbocycles. The standard InChI is InChI=1S/C21H19ClN4O4.C6H12O2/c1-2-21(13-29-20(27)28-12-14-6-4-3-5-7-14)10-8-16(30-21)26-11-9-15-17(23)24-19(22)25-18(15)26;1-2-3-4-5-6(7)8/h1,3-7,9,11,16H,8,10,12-13H2,(H2,23,24,25);2-5H2,1H3,(H,7,8)/t16-,21+;/m1./s1. The van der Waals surface area contributed by atoms with Gasteiger partial charge in [0.05, 0.1) is 5.39 Å². The lowest BCUT2D eigenvalue weighted by atomic mass is 10.0. The highest BCUT2D eigenvalue weighted by Crippen LogP contribution is 2.38. The van der Waals surface area contributed by atoms with E-state index in [1.807, 2.05) is 30.3 Å². The summed E-state index contributed by atoms with van der Waals surface area (Å²) in [7, 11) is 0. The van der Waals surface area contributed by atoms with Gasteiger partial charge >= 0.3 is 12.1 Å². The number of carboxylic acid groups (broad SMARTS) is 1. The Labute approximate surface area is 226 Å². The number of carboxylic acids is 1. The zero-order valence-electron chi connectivity index (χ0n) is 21.1. The van der Waals surface area contributed by atoms with Gasteiger partial charge in [0.1, 0.15) is 30.9 Å². The molecule has 4 rings (SSSR count). The van der Waals surface area contributed by atoms with E-state index in [2.05, 4.69) is 22.8 Å². The van der Waals surface area contributed by atoms with Crippen molar-refractivity contribution in [2.24, 2.45) is 0 Å². The molecule has 2 atom stereocenters. The number of halogens is 1. The van der Waals surface area contributed by atoms with E-state index in [0.29, 0.717) is 30.3 Å². The Hall–Kier alpha value is -3.81. The van der Waals surface area contributed by atoms with E-state index in [0.717, 1.165) is 24.8 Å². The van der Waals surface area contributed by atoms with Crippen LogP contribution in [-0.2, 0) is 25.6 Å². The minimum Gasteiger partial charge on any atom is -0.481 e. The maximum Gasteiger partial charge on any atom is 0.508 e. The third-order valence-corrected chi connectivity index (χ3v) is 6.09. The van der Waals surface area contributed by atoms with Crippen molar-refractivity contribution < 1.29 is 28.9 Å². The highest BCUT2D eigenvalue weighted by atomic mass is 35.5. The highest BCUT2D eigenvalue weighted by molar-refractivity contribution is 6.28. The third kappa shape index (κ3) is 7.84. The molecule has 0 amide bonds. The van der Waals surface area contributed by atoms with Crippen LogP contribution in [0, 0.1) is 12.3 Å². The number of anilines is 1. The summed E-state index contributed by atoms with van der Waals surface area (Å²) in [5.74, 6) is 2.22.